The Morgan fingerprint density at radius 1 is 1.12 bits per heavy atom. The second kappa shape index (κ2) is 8.20. The Labute approximate surface area is 143 Å². The minimum atomic E-state index is -0.177. The standard InChI is InChI=1S/C20H23NO3/c1-5-12-24-17-11-10-16(13-18(17)23-6-2)20(22)21-19-14(3)8-7-9-15(19)4/h5,7-11,13H,1,6,12H2,2-4H3,(H,21,22). The topological polar surface area (TPSA) is 47.6 Å². The van der Waals surface area contributed by atoms with Gasteiger partial charge in [0.1, 0.15) is 6.61 Å². The van der Waals surface area contributed by atoms with Crippen molar-refractivity contribution in [3.63, 3.8) is 0 Å². The molecule has 0 aliphatic rings. The van der Waals surface area contributed by atoms with Gasteiger partial charge < -0.3 is 14.8 Å². The van der Waals surface area contributed by atoms with E-state index in [1.54, 1.807) is 24.3 Å². The number of benzene rings is 2. The lowest BCUT2D eigenvalue weighted by Crippen LogP contribution is -2.14. The quantitative estimate of drug-likeness (QED) is 0.761. The van der Waals surface area contributed by atoms with Crippen LogP contribution >= 0.6 is 0 Å². The lowest BCUT2D eigenvalue weighted by atomic mass is 10.1. The summed E-state index contributed by atoms with van der Waals surface area (Å²) in [6, 6.07) is 11.1. The van der Waals surface area contributed by atoms with Crippen molar-refractivity contribution >= 4 is 11.6 Å². The Hall–Kier alpha value is -2.75. The van der Waals surface area contributed by atoms with Crippen molar-refractivity contribution in [3.05, 3.63) is 65.7 Å². The normalized spacial score (nSPS) is 10.1. The number of hydrogen-bond acceptors (Lipinski definition) is 3. The summed E-state index contributed by atoms with van der Waals surface area (Å²) in [5.41, 5.74) is 3.41. The minimum absolute atomic E-state index is 0.177. The molecule has 0 fully saturated rings. The summed E-state index contributed by atoms with van der Waals surface area (Å²) in [6.45, 7) is 10.3. The van der Waals surface area contributed by atoms with E-state index in [2.05, 4.69) is 11.9 Å². The van der Waals surface area contributed by atoms with Gasteiger partial charge in [0.15, 0.2) is 11.5 Å². The lowest BCUT2D eigenvalue weighted by Gasteiger charge is -2.14. The number of para-hydroxylation sites is 1. The molecule has 0 aliphatic heterocycles. The van der Waals surface area contributed by atoms with Crippen LogP contribution in [0.5, 0.6) is 11.5 Å². The highest BCUT2D eigenvalue weighted by atomic mass is 16.5. The third-order valence-corrected chi connectivity index (χ3v) is 3.58. The molecule has 2 rings (SSSR count). The van der Waals surface area contributed by atoms with E-state index in [0.717, 1.165) is 16.8 Å². The molecule has 4 heteroatoms. The molecule has 0 radical (unpaired) electrons. The molecule has 0 spiro atoms. The van der Waals surface area contributed by atoms with Gasteiger partial charge in [-0.2, -0.15) is 0 Å². The Balaban J connectivity index is 2.25. The summed E-state index contributed by atoms with van der Waals surface area (Å²) in [5, 5.41) is 2.98. The molecule has 2 aromatic rings. The summed E-state index contributed by atoms with van der Waals surface area (Å²) in [6.07, 6.45) is 1.66. The molecule has 0 bridgehead atoms. The molecular weight excluding hydrogens is 302 g/mol. The Morgan fingerprint density at radius 3 is 2.46 bits per heavy atom. The molecule has 2 aromatic carbocycles. The van der Waals surface area contributed by atoms with Crippen LogP contribution in [-0.2, 0) is 0 Å². The highest BCUT2D eigenvalue weighted by Gasteiger charge is 2.13. The molecule has 0 aromatic heterocycles. The summed E-state index contributed by atoms with van der Waals surface area (Å²) in [4.78, 5) is 12.6. The molecule has 4 nitrogen and oxygen atoms in total. The van der Waals surface area contributed by atoms with E-state index >= 15 is 0 Å². The Kier molecular flexibility index (Phi) is 6.01. The Morgan fingerprint density at radius 2 is 1.83 bits per heavy atom. The number of aryl methyl sites for hydroxylation is 2. The van der Waals surface area contributed by atoms with Crippen molar-refractivity contribution in [1.82, 2.24) is 0 Å². The second-order valence-corrected chi connectivity index (χ2v) is 5.42. The zero-order chi connectivity index (χ0) is 17.5. The molecule has 1 N–H and O–H groups in total. The maximum absolute atomic E-state index is 12.6. The minimum Gasteiger partial charge on any atom is -0.490 e. The van der Waals surface area contributed by atoms with Crippen molar-refractivity contribution in [2.75, 3.05) is 18.5 Å². The monoisotopic (exact) mass is 325 g/mol. The first-order chi connectivity index (χ1) is 11.6. The summed E-state index contributed by atoms with van der Waals surface area (Å²) < 4.78 is 11.1. The first-order valence-corrected chi connectivity index (χ1v) is 7.95. The number of nitrogens with one attached hydrogen (secondary N) is 1. The van der Waals surface area contributed by atoms with Gasteiger partial charge in [0, 0.05) is 11.3 Å². The number of hydrogen-bond donors (Lipinski definition) is 1. The van der Waals surface area contributed by atoms with Crippen molar-refractivity contribution in [2.45, 2.75) is 20.8 Å². The maximum atomic E-state index is 12.6. The lowest BCUT2D eigenvalue weighted by molar-refractivity contribution is 0.102. The van der Waals surface area contributed by atoms with E-state index in [9.17, 15) is 4.79 Å². The fraction of sp³-hybridized carbons (Fsp3) is 0.250. The molecule has 0 atom stereocenters. The maximum Gasteiger partial charge on any atom is 0.255 e. The number of anilines is 1. The van der Waals surface area contributed by atoms with E-state index in [1.165, 1.54) is 0 Å². The van der Waals surface area contributed by atoms with Gasteiger partial charge in [0.2, 0.25) is 0 Å². The van der Waals surface area contributed by atoms with Crippen LogP contribution in [0.4, 0.5) is 5.69 Å². The van der Waals surface area contributed by atoms with Crippen molar-refractivity contribution in [2.24, 2.45) is 0 Å². The van der Waals surface area contributed by atoms with Gasteiger partial charge in [-0.3, -0.25) is 4.79 Å². The average Bonchev–Trinajstić information content (AvgIpc) is 2.57. The first-order valence-electron chi connectivity index (χ1n) is 7.95. The van der Waals surface area contributed by atoms with E-state index in [1.807, 2.05) is 39.0 Å². The summed E-state index contributed by atoms with van der Waals surface area (Å²) in [5.74, 6) is 0.970. The zero-order valence-electron chi connectivity index (χ0n) is 14.4. The predicted molar refractivity (Wildman–Crippen MR) is 97.2 cm³/mol. The molecule has 1 amide bonds. The van der Waals surface area contributed by atoms with E-state index < -0.39 is 0 Å². The summed E-state index contributed by atoms with van der Waals surface area (Å²) >= 11 is 0. The van der Waals surface area contributed by atoms with Crippen LogP contribution in [0.15, 0.2) is 49.1 Å². The van der Waals surface area contributed by atoms with Gasteiger partial charge in [0.25, 0.3) is 5.91 Å². The van der Waals surface area contributed by atoms with Gasteiger partial charge in [-0.25, -0.2) is 0 Å². The summed E-state index contributed by atoms with van der Waals surface area (Å²) in [7, 11) is 0. The molecule has 0 heterocycles. The molecular formula is C20H23NO3. The fourth-order valence-electron chi connectivity index (χ4n) is 2.38. The van der Waals surface area contributed by atoms with E-state index in [0.29, 0.717) is 30.3 Å². The fourth-order valence-corrected chi connectivity index (χ4v) is 2.38. The largest absolute Gasteiger partial charge is 0.490 e. The van der Waals surface area contributed by atoms with Gasteiger partial charge >= 0.3 is 0 Å². The highest BCUT2D eigenvalue weighted by Crippen LogP contribution is 2.29. The van der Waals surface area contributed by atoms with Gasteiger partial charge in [0.05, 0.1) is 6.61 Å². The van der Waals surface area contributed by atoms with Gasteiger partial charge in [-0.1, -0.05) is 30.9 Å². The molecule has 0 saturated heterocycles. The van der Waals surface area contributed by atoms with Crippen molar-refractivity contribution in [3.8, 4) is 11.5 Å². The second-order valence-electron chi connectivity index (χ2n) is 5.42. The van der Waals surface area contributed by atoms with Crippen LogP contribution in [0.3, 0.4) is 0 Å². The number of ether oxygens (including phenoxy) is 2. The molecule has 126 valence electrons. The highest BCUT2D eigenvalue weighted by molar-refractivity contribution is 6.05. The van der Waals surface area contributed by atoms with Crippen LogP contribution in [0.25, 0.3) is 0 Å². The van der Waals surface area contributed by atoms with E-state index in [-0.39, 0.29) is 5.91 Å². The molecule has 24 heavy (non-hydrogen) atoms. The zero-order valence-corrected chi connectivity index (χ0v) is 14.4. The van der Waals surface area contributed by atoms with Gasteiger partial charge in [-0.05, 0) is 50.1 Å². The first kappa shape index (κ1) is 17.6. The third-order valence-electron chi connectivity index (χ3n) is 3.58. The number of rotatable bonds is 7. The number of amides is 1. The van der Waals surface area contributed by atoms with Crippen molar-refractivity contribution in [1.29, 1.82) is 0 Å². The smallest absolute Gasteiger partial charge is 0.255 e. The van der Waals surface area contributed by atoms with Crippen LogP contribution in [0.1, 0.15) is 28.4 Å². The van der Waals surface area contributed by atoms with Crippen LogP contribution in [-0.4, -0.2) is 19.1 Å². The predicted octanol–water partition coefficient (Wildman–Crippen LogP) is 4.52. The molecule has 0 unspecified atom stereocenters. The van der Waals surface area contributed by atoms with Crippen LogP contribution in [0.2, 0.25) is 0 Å². The molecule has 0 saturated carbocycles. The van der Waals surface area contributed by atoms with E-state index in [4.69, 9.17) is 9.47 Å². The van der Waals surface area contributed by atoms with Crippen molar-refractivity contribution < 1.29 is 14.3 Å². The van der Waals surface area contributed by atoms with Gasteiger partial charge in [-0.15, -0.1) is 0 Å². The average molecular weight is 325 g/mol. The SMILES string of the molecule is C=CCOc1ccc(C(=O)Nc2c(C)cccc2C)cc1OCC. The van der Waals surface area contributed by atoms with Crippen LogP contribution < -0.4 is 14.8 Å². The third kappa shape index (κ3) is 4.16. The van der Waals surface area contributed by atoms with Crippen LogP contribution in [0, 0.1) is 13.8 Å². The number of carbonyl (C=O) groups excluding carboxylic acids is 1. The number of carbonyl (C=O) groups is 1. The Bertz CT molecular complexity index is 717. The molecule has 0 aliphatic carbocycles.